The van der Waals surface area contributed by atoms with Crippen molar-refractivity contribution in [3.05, 3.63) is 59.4 Å². The SMILES string of the molecule is Cc1ccc2c(c1)nc(CNC(=O)Nc1ccccc1CC(F)(F)F)n2C. The predicted octanol–water partition coefficient (Wildman–Crippen LogP) is 4.31. The summed E-state index contributed by atoms with van der Waals surface area (Å²) in [6.45, 7) is 2.12. The lowest BCUT2D eigenvalue weighted by Gasteiger charge is -2.13. The van der Waals surface area contributed by atoms with E-state index in [0.29, 0.717) is 5.82 Å². The Morgan fingerprint density at radius 3 is 2.67 bits per heavy atom. The van der Waals surface area contributed by atoms with Gasteiger partial charge >= 0.3 is 12.2 Å². The molecule has 0 aliphatic heterocycles. The van der Waals surface area contributed by atoms with Gasteiger partial charge in [-0.25, -0.2) is 9.78 Å². The van der Waals surface area contributed by atoms with Crippen molar-refractivity contribution in [2.24, 2.45) is 7.05 Å². The first-order chi connectivity index (χ1) is 12.7. The molecule has 0 saturated carbocycles. The zero-order valence-corrected chi connectivity index (χ0v) is 14.9. The largest absolute Gasteiger partial charge is 0.393 e. The normalized spacial score (nSPS) is 11.6. The number of hydrogen-bond acceptors (Lipinski definition) is 2. The minimum absolute atomic E-state index is 0.0124. The summed E-state index contributed by atoms with van der Waals surface area (Å²) in [5.41, 5.74) is 2.99. The second-order valence-electron chi connectivity index (χ2n) is 6.34. The van der Waals surface area contributed by atoms with Gasteiger partial charge in [0.25, 0.3) is 0 Å². The van der Waals surface area contributed by atoms with Gasteiger partial charge in [-0.1, -0.05) is 24.3 Å². The zero-order valence-electron chi connectivity index (χ0n) is 14.9. The number of nitrogens with zero attached hydrogens (tertiary/aromatic N) is 2. The van der Waals surface area contributed by atoms with Crippen molar-refractivity contribution in [1.82, 2.24) is 14.9 Å². The molecule has 142 valence electrons. The molecule has 0 unspecified atom stereocenters. The number of fused-ring (bicyclic) bond motifs is 1. The lowest BCUT2D eigenvalue weighted by atomic mass is 10.1. The number of para-hydroxylation sites is 1. The molecule has 2 amide bonds. The van der Waals surface area contributed by atoms with Crippen LogP contribution in [0.15, 0.2) is 42.5 Å². The third-order valence-electron chi connectivity index (χ3n) is 4.19. The van der Waals surface area contributed by atoms with Gasteiger partial charge < -0.3 is 15.2 Å². The van der Waals surface area contributed by atoms with E-state index >= 15 is 0 Å². The number of nitrogens with one attached hydrogen (secondary N) is 2. The van der Waals surface area contributed by atoms with Gasteiger partial charge in [0.1, 0.15) is 5.82 Å². The molecule has 27 heavy (non-hydrogen) atoms. The molecule has 0 bridgehead atoms. The van der Waals surface area contributed by atoms with E-state index in [1.54, 1.807) is 6.07 Å². The molecule has 3 rings (SSSR count). The van der Waals surface area contributed by atoms with E-state index in [2.05, 4.69) is 15.6 Å². The molecule has 8 heteroatoms. The average Bonchev–Trinajstić information content (AvgIpc) is 2.89. The number of carbonyl (C=O) groups is 1. The maximum Gasteiger partial charge on any atom is 0.393 e. The topological polar surface area (TPSA) is 59.0 Å². The number of anilines is 1. The third kappa shape index (κ3) is 4.58. The van der Waals surface area contributed by atoms with Gasteiger partial charge in [-0.3, -0.25) is 0 Å². The van der Waals surface area contributed by atoms with Crippen LogP contribution >= 0.6 is 0 Å². The highest BCUT2D eigenvalue weighted by molar-refractivity contribution is 5.90. The first kappa shape index (κ1) is 18.8. The van der Waals surface area contributed by atoms with Gasteiger partial charge in [-0.15, -0.1) is 0 Å². The van der Waals surface area contributed by atoms with Gasteiger partial charge in [0.05, 0.1) is 24.0 Å². The van der Waals surface area contributed by atoms with Crippen LogP contribution in [0, 0.1) is 6.92 Å². The van der Waals surface area contributed by atoms with Crippen LogP contribution in [0.3, 0.4) is 0 Å². The first-order valence-corrected chi connectivity index (χ1v) is 8.34. The fourth-order valence-electron chi connectivity index (χ4n) is 2.86. The molecule has 0 spiro atoms. The molecular formula is C19H19F3N4O. The highest BCUT2D eigenvalue weighted by atomic mass is 19.4. The van der Waals surface area contributed by atoms with Crippen molar-refractivity contribution in [2.75, 3.05) is 5.32 Å². The summed E-state index contributed by atoms with van der Waals surface area (Å²) in [7, 11) is 1.85. The molecule has 0 atom stereocenters. The van der Waals surface area contributed by atoms with E-state index in [1.165, 1.54) is 18.2 Å². The Labute approximate surface area is 154 Å². The number of rotatable bonds is 4. The number of urea groups is 1. The minimum atomic E-state index is -4.35. The van der Waals surface area contributed by atoms with Gasteiger partial charge in [-0.2, -0.15) is 13.2 Å². The van der Waals surface area contributed by atoms with Crippen molar-refractivity contribution in [1.29, 1.82) is 0 Å². The fourth-order valence-corrected chi connectivity index (χ4v) is 2.86. The highest BCUT2D eigenvalue weighted by Gasteiger charge is 2.29. The third-order valence-corrected chi connectivity index (χ3v) is 4.19. The van der Waals surface area contributed by atoms with Gasteiger partial charge in [0, 0.05) is 12.7 Å². The van der Waals surface area contributed by atoms with Gasteiger partial charge in [0.15, 0.2) is 0 Å². The quantitative estimate of drug-likeness (QED) is 0.713. The lowest BCUT2D eigenvalue weighted by molar-refractivity contribution is -0.127. The zero-order chi connectivity index (χ0) is 19.6. The Kier molecular flexibility index (Phi) is 5.07. The molecule has 0 aliphatic rings. The van der Waals surface area contributed by atoms with E-state index in [-0.39, 0.29) is 17.8 Å². The van der Waals surface area contributed by atoms with Crippen molar-refractivity contribution >= 4 is 22.8 Å². The number of carbonyl (C=O) groups excluding carboxylic acids is 1. The number of aryl methyl sites for hydroxylation is 2. The van der Waals surface area contributed by atoms with E-state index in [9.17, 15) is 18.0 Å². The van der Waals surface area contributed by atoms with Crippen LogP contribution < -0.4 is 10.6 Å². The number of hydrogen-bond donors (Lipinski definition) is 2. The number of halogens is 3. The summed E-state index contributed by atoms with van der Waals surface area (Å²) in [6, 6.07) is 11.2. The lowest BCUT2D eigenvalue weighted by Crippen LogP contribution is -2.30. The second kappa shape index (κ2) is 7.30. The number of benzene rings is 2. The predicted molar refractivity (Wildman–Crippen MR) is 97.5 cm³/mol. The molecule has 3 aromatic rings. The number of aromatic nitrogens is 2. The summed E-state index contributed by atoms with van der Waals surface area (Å²) in [5, 5.41) is 5.12. The average molecular weight is 376 g/mol. The number of amides is 2. The molecule has 0 fully saturated rings. The Balaban J connectivity index is 1.68. The molecule has 0 aliphatic carbocycles. The summed E-state index contributed by atoms with van der Waals surface area (Å²) in [5.74, 6) is 0.648. The summed E-state index contributed by atoms with van der Waals surface area (Å²) < 4.78 is 39.9. The van der Waals surface area contributed by atoms with E-state index < -0.39 is 18.6 Å². The highest BCUT2D eigenvalue weighted by Crippen LogP contribution is 2.26. The monoisotopic (exact) mass is 376 g/mol. The summed E-state index contributed by atoms with van der Waals surface area (Å²) >= 11 is 0. The Morgan fingerprint density at radius 1 is 1.19 bits per heavy atom. The van der Waals surface area contributed by atoms with Crippen LogP contribution in [0.25, 0.3) is 11.0 Å². The van der Waals surface area contributed by atoms with Crippen LogP contribution in [-0.4, -0.2) is 21.8 Å². The van der Waals surface area contributed by atoms with Crippen LogP contribution in [0.2, 0.25) is 0 Å². The van der Waals surface area contributed by atoms with Crippen molar-refractivity contribution in [3.63, 3.8) is 0 Å². The first-order valence-electron chi connectivity index (χ1n) is 8.34. The van der Waals surface area contributed by atoms with E-state index in [4.69, 9.17) is 0 Å². The molecule has 1 aromatic heterocycles. The maximum absolute atomic E-state index is 12.7. The molecule has 5 nitrogen and oxygen atoms in total. The maximum atomic E-state index is 12.7. The Morgan fingerprint density at radius 2 is 1.93 bits per heavy atom. The molecular weight excluding hydrogens is 357 g/mol. The smallest absolute Gasteiger partial charge is 0.331 e. The minimum Gasteiger partial charge on any atom is -0.331 e. The Hall–Kier alpha value is -3.03. The molecule has 0 saturated heterocycles. The van der Waals surface area contributed by atoms with E-state index in [1.807, 2.05) is 36.7 Å². The second-order valence-corrected chi connectivity index (χ2v) is 6.34. The van der Waals surface area contributed by atoms with Gasteiger partial charge in [0.2, 0.25) is 0 Å². The molecule has 2 aromatic carbocycles. The molecule has 1 heterocycles. The molecule has 0 radical (unpaired) electrons. The van der Waals surface area contributed by atoms with Crippen molar-refractivity contribution in [2.45, 2.75) is 26.1 Å². The van der Waals surface area contributed by atoms with Crippen LogP contribution in [-0.2, 0) is 20.0 Å². The van der Waals surface area contributed by atoms with Crippen molar-refractivity contribution in [3.8, 4) is 0 Å². The number of alkyl halides is 3. The van der Waals surface area contributed by atoms with Crippen LogP contribution in [0.4, 0.5) is 23.7 Å². The summed E-state index contributed by atoms with van der Waals surface area (Å²) in [6.07, 6.45) is -5.45. The fraction of sp³-hybridized carbons (Fsp3) is 0.263. The van der Waals surface area contributed by atoms with Crippen LogP contribution in [0.1, 0.15) is 17.0 Å². The van der Waals surface area contributed by atoms with Crippen LogP contribution in [0.5, 0.6) is 0 Å². The molecule has 2 N–H and O–H groups in total. The van der Waals surface area contributed by atoms with E-state index in [0.717, 1.165) is 16.6 Å². The summed E-state index contributed by atoms with van der Waals surface area (Å²) in [4.78, 5) is 16.6. The van der Waals surface area contributed by atoms with Gasteiger partial charge in [-0.05, 0) is 36.2 Å². The van der Waals surface area contributed by atoms with Crippen molar-refractivity contribution < 1.29 is 18.0 Å². The number of imidazole rings is 1. The Bertz CT molecular complexity index is 979. The standard InChI is InChI=1S/C19H19F3N4O/c1-12-7-8-16-15(9-12)24-17(26(16)2)11-23-18(27)25-14-6-4-3-5-13(14)10-19(20,21)22/h3-9H,10-11H2,1-2H3,(H2,23,25,27).